The van der Waals surface area contributed by atoms with Crippen LogP contribution in [0.1, 0.15) is 64.1 Å². The predicted octanol–water partition coefficient (Wildman–Crippen LogP) is 5.26. The second kappa shape index (κ2) is 10.7. The van der Waals surface area contributed by atoms with E-state index in [-0.39, 0.29) is 31.0 Å². The molecule has 4 bridgehead atoms. The third kappa shape index (κ3) is 5.37. The number of imidazole rings is 1. The van der Waals surface area contributed by atoms with E-state index >= 15 is 0 Å². The number of fused-ring (bicyclic) bond motifs is 7. The normalized spacial score (nSPS) is 23.9. The highest BCUT2D eigenvalue weighted by Crippen LogP contribution is 2.51. The number of urea groups is 1. The number of hydrogen-bond acceptors (Lipinski definition) is 6. The fraction of sp³-hybridized carbons (Fsp3) is 0.556. The molecule has 0 radical (unpaired) electrons. The highest BCUT2D eigenvalue weighted by Gasteiger charge is 2.57. The first-order valence-electron chi connectivity index (χ1n) is 13.3. The average molecular weight is 529 g/mol. The number of rotatable bonds is 4. The Morgan fingerprint density at radius 3 is 2.82 bits per heavy atom. The van der Waals surface area contributed by atoms with E-state index in [1.807, 2.05) is 36.7 Å². The number of amides is 2. The van der Waals surface area contributed by atoms with E-state index in [1.54, 1.807) is 24.4 Å². The minimum atomic E-state index is -2.62. The van der Waals surface area contributed by atoms with Gasteiger partial charge in [-0.3, -0.25) is 4.98 Å². The number of nitrogens with one attached hydrogen (secondary N) is 1. The standard InChI is InChI=1S/C27H34F2N6O3/c1-4-35-17(2)21-13-20(23(37-3)15-31-21)22-16-34-10-9-30-24(34)25(33-22)38-11-7-5-6-8-19(32-26(35)36)12-18-14-27(18,28)29/h9-10,13,15-19H,4-8,11-12,14H2,1-3H3,(H,32,36)/t17-,18?,19?/m1/s1. The highest BCUT2D eigenvalue weighted by atomic mass is 19.3. The van der Waals surface area contributed by atoms with Crippen molar-refractivity contribution in [1.82, 2.24) is 29.6 Å². The van der Waals surface area contributed by atoms with Gasteiger partial charge in [-0.05, 0) is 45.6 Å². The van der Waals surface area contributed by atoms with Gasteiger partial charge in [0.15, 0.2) is 0 Å². The number of alkyl halides is 2. The average Bonchev–Trinajstić information content (AvgIpc) is 3.25. The molecular formula is C27H34F2N6O3. The van der Waals surface area contributed by atoms with Crippen LogP contribution < -0.4 is 14.8 Å². The maximum Gasteiger partial charge on any atom is 0.318 e. The van der Waals surface area contributed by atoms with E-state index in [0.29, 0.717) is 53.8 Å². The third-order valence-corrected chi connectivity index (χ3v) is 7.51. The van der Waals surface area contributed by atoms with Gasteiger partial charge in [0.05, 0.1) is 37.3 Å². The Morgan fingerprint density at radius 2 is 2.08 bits per heavy atom. The maximum atomic E-state index is 13.7. The van der Waals surface area contributed by atoms with E-state index in [1.165, 1.54) is 0 Å². The summed E-state index contributed by atoms with van der Waals surface area (Å²) in [4.78, 5) is 28.8. The third-order valence-electron chi connectivity index (χ3n) is 7.51. The number of pyridine rings is 1. The number of carbonyl (C=O) groups excluding carboxylic acids is 1. The van der Waals surface area contributed by atoms with Crippen LogP contribution in [0.15, 0.2) is 30.9 Å². The molecule has 0 aromatic carbocycles. The topological polar surface area (TPSA) is 93.9 Å². The van der Waals surface area contributed by atoms with E-state index in [2.05, 4.69) is 15.3 Å². The maximum absolute atomic E-state index is 13.7. The van der Waals surface area contributed by atoms with Gasteiger partial charge in [0, 0.05) is 49.1 Å². The Bertz CT molecular complexity index is 1300. The Kier molecular flexibility index (Phi) is 7.36. The molecule has 1 saturated carbocycles. The van der Waals surface area contributed by atoms with Crippen LogP contribution >= 0.6 is 0 Å². The van der Waals surface area contributed by atoms with Crippen LogP contribution in [-0.2, 0) is 0 Å². The van der Waals surface area contributed by atoms with Crippen LogP contribution in [0, 0.1) is 5.92 Å². The number of nitrogens with zero attached hydrogens (tertiary/aromatic N) is 5. The first kappa shape index (κ1) is 26.1. The van der Waals surface area contributed by atoms with E-state index in [9.17, 15) is 13.6 Å². The summed E-state index contributed by atoms with van der Waals surface area (Å²) >= 11 is 0. The quantitative estimate of drug-likeness (QED) is 0.497. The van der Waals surface area contributed by atoms with Crippen molar-refractivity contribution in [3.63, 3.8) is 0 Å². The SMILES string of the molecule is CCN1C(=O)NC(CC2CC2(F)F)CCCCCOc2nc(cn3ccnc23)-c2cc(ncc2OC)[C@H]1C. The molecule has 5 rings (SSSR count). The molecule has 9 nitrogen and oxygen atoms in total. The van der Waals surface area contributed by atoms with Crippen LogP contribution in [0.5, 0.6) is 11.6 Å². The van der Waals surface area contributed by atoms with Crippen LogP contribution in [0.3, 0.4) is 0 Å². The van der Waals surface area contributed by atoms with Gasteiger partial charge in [-0.25, -0.2) is 23.5 Å². The largest absolute Gasteiger partial charge is 0.494 e. The van der Waals surface area contributed by atoms with Gasteiger partial charge in [-0.1, -0.05) is 6.42 Å². The summed E-state index contributed by atoms with van der Waals surface area (Å²) in [5.41, 5.74) is 2.60. The minimum Gasteiger partial charge on any atom is -0.494 e. The van der Waals surface area contributed by atoms with Gasteiger partial charge in [0.2, 0.25) is 5.65 Å². The molecule has 3 atom stereocenters. The molecule has 0 spiro atoms. The molecule has 204 valence electrons. The van der Waals surface area contributed by atoms with Crippen molar-refractivity contribution < 1.29 is 23.0 Å². The zero-order chi connectivity index (χ0) is 26.9. The van der Waals surface area contributed by atoms with E-state index in [0.717, 1.165) is 19.3 Å². The number of methoxy groups -OCH3 is 1. The molecule has 4 heterocycles. The summed E-state index contributed by atoms with van der Waals surface area (Å²) in [5.74, 6) is -2.33. The fourth-order valence-corrected chi connectivity index (χ4v) is 5.15. The zero-order valence-electron chi connectivity index (χ0n) is 22.0. The van der Waals surface area contributed by atoms with Crippen molar-refractivity contribution in [2.24, 2.45) is 5.92 Å². The van der Waals surface area contributed by atoms with Crippen LogP contribution in [0.4, 0.5) is 13.6 Å². The van der Waals surface area contributed by atoms with E-state index in [4.69, 9.17) is 14.5 Å². The van der Waals surface area contributed by atoms with Gasteiger partial charge >= 0.3 is 6.03 Å². The molecule has 2 aliphatic rings. The molecule has 1 fully saturated rings. The number of ether oxygens (including phenoxy) is 2. The summed E-state index contributed by atoms with van der Waals surface area (Å²) in [6, 6.07) is 0.894. The first-order chi connectivity index (χ1) is 18.3. The Balaban J connectivity index is 1.51. The van der Waals surface area contributed by atoms with Gasteiger partial charge in [-0.15, -0.1) is 0 Å². The van der Waals surface area contributed by atoms with Crippen LogP contribution in [0.2, 0.25) is 0 Å². The second-order valence-electron chi connectivity index (χ2n) is 10.1. The molecule has 1 aliphatic carbocycles. The van der Waals surface area contributed by atoms with Crippen molar-refractivity contribution in [2.45, 2.75) is 70.4 Å². The number of halogens is 2. The van der Waals surface area contributed by atoms with Crippen molar-refractivity contribution in [3.05, 3.63) is 36.5 Å². The smallest absolute Gasteiger partial charge is 0.318 e. The lowest BCUT2D eigenvalue weighted by Gasteiger charge is -2.30. The highest BCUT2D eigenvalue weighted by molar-refractivity contribution is 5.75. The Labute approximate surface area is 220 Å². The number of carbonyl (C=O) groups is 1. The molecule has 1 aliphatic heterocycles. The van der Waals surface area contributed by atoms with Crippen LogP contribution in [0.25, 0.3) is 16.9 Å². The molecule has 2 unspecified atom stereocenters. The van der Waals surface area contributed by atoms with Gasteiger partial charge in [-0.2, -0.15) is 0 Å². The Morgan fingerprint density at radius 1 is 1.26 bits per heavy atom. The lowest BCUT2D eigenvalue weighted by molar-refractivity contribution is 0.0935. The van der Waals surface area contributed by atoms with Gasteiger partial charge in [0.25, 0.3) is 11.8 Å². The summed E-state index contributed by atoms with van der Waals surface area (Å²) in [6.07, 6.45) is 10.2. The van der Waals surface area contributed by atoms with Gasteiger partial charge in [0.1, 0.15) is 5.75 Å². The molecule has 0 saturated heterocycles. The summed E-state index contributed by atoms with van der Waals surface area (Å²) in [6.45, 7) is 4.67. The van der Waals surface area contributed by atoms with Gasteiger partial charge < -0.3 is 24.1 Å². The van der Waals surface area contributed by atoms with Crippen molar-refractivity contribution in [1.29, 1.82) is 0 Å². The van der Waals surface area contributed by atoms with Crippen LogP contribution in [-0.4, -0.2) is 62.5 Å². The second-order valence-corrected chi connectivity index (χ2v) is 10.1. The van der Waals surface area contributed by atoms with Crippen molar-refractivity contribution in [2.75, 3.05) is 20.3 Å². The Hall–Kier alpha value is -3.50. The number of aromatic nitrogens is 4. The lowest BCUT2D eigenvalue weighted by Crippen LogP contribution is -2.46. The molecule has 3 aromatic rings. The number of hydrogen-bond donors (Lipinski definition) is 1. The first-order valence-corrected chi connectivity index (χ1v) is 13.3. The minimum absolute atomic E-state index is 0.104. The predicted molar refractivity (Wildman–Crippen MR) is 138 cm³/mol. The summed E-state index contributed by atoms with van der Waals surface area (Å²) in [5, 5.41) is 3.05. The van der Waals surface area contributed by atoms with E-state index < -0.39 is 11.8 Å². The lowest BCUT2D eigenvalue weighted by atomic mass is 10.0. The molecule has 38 heavy (non-hydrogen) atoms. The molecule has 2 amide bonds. The fourth-order valence-electron chi connectivity index (χ4n) is 5.15. The molecule has 1 N–H and O–H groups in total. The summed E-state index contributed by atoms with van der Waals surface area (Å²) in [7, 11) is 1.57. The molecule has 11 heteroatoms. The molecule has 3 aromatic heterocycles. The zero-order valence-corrected chi connectivity index (χ0v) is 22.0. The monoisotopic (exact) mass is 528 g/mol. The van der Waals surface area contributed by atoms with Crippen molar-refractivity contribution >= 4 is 11.7 Å². The molecular weight excluding hydrogens is 494 g/mol. The summed E-state index contributed by atoms with van der Waals surface area (Å²) < 4.78 is 40.9. The van der Waals surface area contributed by atoms with Crippen molar-refractivity contribution in [3.8, 4) is 22.9 Å².